The highest BCUT2D eigenvalue weighted by Gasteiger charge is 2.38. The first kappa shape index (κ1) is 8.12. The van der Waals surface area contributed by atoms with Gasteiger partial charge in [-0.3, -0.25) is 10.1 Å². The van der Waals surface area contributed by atoms with Gasteiger partial charge in [-0.25, -0.2) is 0 Å². The Bertz CT molecular complexity index is 397. The zero-order valence-electron chi connectivity index (χ0n) is 6.35. The highest BCUT2D eigenvalue weighted by Crippen LogP contribution is 2.27. The Balaban J connectivity index is 2.45. The summed E-state index contributed by atoms with van der Waals surface area (Å²) in [6, 6.07) is 0. The van der Waals surface area contributed by atoms with Gasteiger partial charge in [0.05, 0.1) is 16.8 Å². The van der Waals surface area contributed by atoms with Crippen LogP contribution in [0.4, 0.5) is 0 Å². The molecule has 1 heterocycles. The molecule has 0 amide bonds. The van der Waals surface area contributed by atoms with Crippen molar-refractivity contribution in [3.8, 4) is 0 Å². The molecule has 0 saturated carbocycles. The summed E-state index contributed by atoms with van der Waals surface area (Å²) >= 11 is 5.70. The molecule has 6 heteroatoms. The smallest absolute Gasteiger partial charge is 0.262 e. The number of alkyl halides is 1. The van der Waals surface area contributed by atoms with Gasteiger partial charge in [0.25, 0.3) is 0 Å². The summed E-state index contributed by atoms with van der Waals surface area (Å²) in [5, 5.41) is 17.9. The molecule has 0 radical (unpaired) electrons. The summed E-state index contributed by atoms with van der Waals surface area (Å²) in [4.78, 5) is 8.34. The molecule has 0 bridgehead atoms. The minimum atomic E-state index is -1.65. The fourth-order valence-corrected chi connectivity index (χ4v) is 1.27. The van der Waals surface area contributed by atoms with Crippen LogP contribution in [0.3, 0.4) is 0 Å². The summed E-state index contributed by atoms with van der Waals surface area (Å²) < 4.78 is 0. The van der Waals surface area contributed by atoms with Crippen LogP contribution in [0.2, 0.25) is 0 Å². The summed E-state index contributed by atoms with van der Waals surface area (Å²) in [6.07, 6.45) is 5.55. The molecule has 1 aliphatic heterocycles. The van der Waals surface area contributed by atoms with Crippen molar-refractivity contribution < 1.29 is 4.92 Å². The van der Waals surface area contributed by atoms with Gasteiger partial charge >= 0.3 is 5.00 Å². The first-order valence-electron chi connectivity index (χ1n) is 3.49. The van der Waals surface area contributed by atoms with E-state index in [9.17, 15) is 10.1 Å². The van der Waals surface area contributed by atoms with Crippen molar-refractivity contribution in [3.05, 3.63) is 33.9 Å². The summed E-state index contributed by atoms with van der Waals surface area (Å²) in [5.41, 5.74) is 1.20. The molecule has 2 rings (SSSR count). The van der Waals surface area contributed by atoms with Crippen molar-refractivity contribution in [2.75, 3.05) is 0 Å². The van der Waals surface area contributed by atoms with Crippen LogP contribution in [0.5, 0.6) is 0 Å². The van der Waals surface area contributed by atoms with Gasteiger partial charge < -0.3 is 0 Å². The van der Waals surface area contributed by atoms with Crippen LogP contribution in [0.1, 0.15) is 0 Å². The van der Waals surface area contributed by atoms with Crippen molar-refractivity contribution in [2.45, 2.75) is 5.00 Å². The quantitative estimate of drug-likeness (QED) is 0.274. The van der Waals surface area contributed by atoms with Crippen LogP contribution in [-0.4, -0.2) is 21.8 Å². The molecule has 5 nitrogen and oxygen atoms in total. The number of hydrogen-bond acceptors (Lipinski definition) is 4. The monoisotopic (exact) mass is 197 g/mol. The Kier molecular flexibility index (Phi) is 1.56. The lowest BCUT2D eigenvalue weighted by molar-refractivity contribution is -0.514. The molecule has 2 aliphatic rings. The molecular weight excluding hydrogens is 194 g/mol. The predicted molar refractivity (Wildman–Crippen MR) is 48.7 cm³/mol. The maximum atomic E-state index is 10.6. The lowest BCUT2D eigenvalue weighted by Crippen LogP contribution is -2.30. The third kappa shape index (κ3) is 1.17. The molecule has 0 fully saturated rings. The van der Waals surface area contributed by atoms with Crippen molar-refractivity contribution in [1.29, 1.82) is 0 Å². The van der Waals surface area contributed by atoms with Crippen molar-refractivity contribution >= 4 is 23.5 Å². The SMILES string of the molecule is O=[N+]([O-])C1(Cl)C=CC2=NN=CC2=C1. The molecular formula is C7H4ClN3O2. The van der Waals surface area contributed by atoms with E-state index in [2.05, 4.69) is 10.2 Å². The first-order valence-corrected chi connectivity index (χ1v) is 3.86. The van der Waals surface area contributed by atoms with E-state index >= 15 is 0 Å². The Morgan fingerprint density at radius 3 is 3.08 bits per heavy atom. The van der Waals surface area contributed by atoms with E-state index in [0.29, 0.717) is 11.3 Å². The van der Waals surface area contributed by atoms with E-state index in [0.717, 1.165) is 0 Å². The number of hydrogen-bond donors (Lipinski definition) is 0. The molecule has 1 unspecified atom stereocenters. The largest absolute Gasteiger partial charge is 0.333 e. The van der Waals surface area contributed by atoms with Crippen molar-refractivity contribution in [1.82, 2.24) is 0 Å². The second-order valence-corrected chi connectivity index (χ2v) is 3.25. The zero-order chi connectivity index (χ0) is 9.47. The average molecular weight is 198 g/mol. The number of allylic oxidation sites excluding steroid dienone is 2. The summed E-state index contributed by atoms with van der Waals surface area (Å²) in [6.45, 7) is 0. The normalized spacial score (nSPS) is 29.6. The van der Waals surface area contributed by atoms with E-state index in [4.69, 9.17) is 11.6 Å². The molecule has 1 aliphatic carbocycles. The van der Waals surface area contributed by atoms with Crippen LogP contribution in [0, 0.1) is 10.1 Å². The molecule has 0 aromatic carbocycles. The third-order valence-corrected chi connectivity index (χ3v) is 2.14. The Hall–Kier alpha value is -1.49. The van der Waals surface area contributed by atoms with E-state index in [1.54, 1.807) is 0 Å². The fourth-order valence-electron chi connectivity index (χ4n) is 1.09. The van der Waals surface area contributed by atoms with Crippen LogP contribution in [0.25, 0.3) is 0 Å². The second-order valence-electron chi connectivity index (χ2n) is 2.65. The summed E-state index contributed by atoms with van der Waals surface area (Å²) in [5.74, 6) is 0. The molecule has 0 aromatic heterocycles. The Labute approximate surface area is 78.3 Å². The third-order valence-electron chi connectivity index (χ3n) is 1.77. The van der Waals surface area contributed by atoms with Crippen LogP contribution >= 0.6 is 11.6 Å². The lowest BCUT2D eigenvalue weighted by atomic mass is 10.0. The number of halogens is 1. The van der Waals surface area contributed by atoms with Gasteiger partial charge in [-0.05, 0) is 17.7 Å². The van der Waals surface area contributed by atoms with Gasteiger partial charge in [0.2, 0.25) is 0 Å². The van der Waals surface area contributed by atoms with Gasteiger partial charge in [-0.15, -0.1) is 0 Å². The van der Waals surface area contributed by atoms with E-state index < -0.39 is 9.92 Å². The number of fused-ring (bicyclic) bond motifs is 1. The van der Waals surface area contributed by atoms with Crippen molar-refractivity contribution in [3.63, 3.8) is 0 Å². The minimum Gasteiger partial charge on any atom is -0.262 e. The molecule has 0 aromatic rings. The van der Waals surface area contributed by atoms with E-state index in [1.807, 2.05) is 0 Å². The highest BCUT2D eigenvalue weighted by atomic mass is 35.5. The molecule has 0 saturated heterocycles. The van der Waals surface area contributed by atoms with Crippen LogP contribution in [-0.2, 0) is 0 Å². The predicted octanol–water partition coefficient (Wildman–Crippen LogP) is 1.13. The maximum Gasteiger partial charge on any atom is 0.333 e. The molecule has 1 atom stereocenters. The van der Waals surface area contributed by atoms with Gasteiger partial charge in [0.15, 0.2) is 0 Å². The Morgan fingerprint density at radius 1 is 1.62 bits per heavy atom. The van der Waals surface area contributed by atoms with Gasteiger partial charge in [0.1, 0.15) is 0 Å². The standard InChI is InChI=1S/C7H4ClN3O2/c8-7(11(12)13)2-1-6-5(3-7)4-9-10-6/h1-4H. The number of nitrogens with zero attached hydrogens (tertiary/aromatic N) is 3. The van der Waals surface area contributed by atoms with E-state index in [-0.39, 0.29) is 0 Å². The summed E-state index contributed by atoms with van der Waals surface area (Å²) in [7, 11) is 0. The van der Waals surface area contributed by atoms with Gasteiger partial charge in [-0.1, -0.05) is 0 Å². The van der Waals surface area contributed by atoms with Crippen LogP contribution < -0.4 is 0 Å². The topological polar surface area (TPSA) is 67.9 Å². The molecule has 0 N–H and O–H groups in total. The van der Waals surface area contributed by atoms with Crippen LogP contribution in [0.15, 0.2) is 34.0 Å². The lowest BCUT2D eigenvalue weighted by Gasteiger charge is -2.13. The fraction of sp³-hybridized carbons (Fsp3) is 0.143. The van der Waals surface area contributed by atoms with Gasteiger partial charge in [-0.2, -0.15) is 10.2 Å². The molecule has 13 heavy (non-hydrogen) atoms. The minimum absolute atomic E-state index is 0.568. The van der Waals surface area contributed by atoms with Gasteiger partial charge in [0, 0.05) is 17.7 Å². The average Bonchev–Trinajstić information content (AvgIpc) is 2.50. The van der Waals surface area contributed by atoms with E-state index in [1.165, 1.54) is 24.4 Å². The van der Waals surface area contributed by atoms with Crippen molar-refractivity contribution in [2.24, 2.45) is 10.2 Å². The number of rotatable bonds is 1. The Morgan fingerprint density at radius 2 is 2.38 bits per heavy atom. The zero-order valence-corrected chi connectivity index (χ0v) is 7.10. The number of nitro groups is 1. The molecule has 66 valence electrons. The first-order chi connectivity index (χ1) is 6.12. The maximum absolute atomic E-state index is 10.6. The molecule has 0 spiro atoms. The highest BCUT2D eigenvalue weighted by molar-refractivity contribution is 6.31. The second kappa shape index (κ2) is 2.50.